The molecule has 0 spiro atoms. The highest BCUT2D eigenvalue weighted by Gasteiger charge is 2.24. The molecule has 2 heterocycles. The summed E-state index contributed by atoms with van der Waals surface area (Å²) in [6.07, 6.45) is 1.85. The van der Waals surface area contributed by atoms with Gasteiger partial charge < -0.3 is 15.2 Å². The first kappa shape index (κ1) is 15.8. The Kier molecular flexibility index (Phi) is 3.96. The van der Waals surface area contributed by atoms with E-state index in [0.29, 0.717) is 6.54 Å². The van der Waals surface area contributed by atoms with E-state index >= 15 is 0 Å². The third kappa shape index (κ3) is 2.88. The second-order valence-corrected chi connectivity index (χ2v) is 6.73. The van der Waals surface area contributed by atoms with Crippen molar-refractivity contribution in [2.24, 2.45) is 0 Å². The molecule has 25 heavy (non-hydrogen) atoms. The molecule has 0 saturated carbocycles. The minimum atomic E-state index is -0.0272. The first-order valence-corrected chi connectivity index (χ1v) is 8.89. The average molecular weight is 333 g/mol. The third-order valence-corrected chi connectivity index (χ3v) is 5.12. The van der Waals surface area contributed by atoms with Crippen LogP contribution in [0.5, 0.6) is 0 Å². The molecule has 0 saturated heterocycles. The van der Waals surface area contributed by atoms with Crippen molar-refractivity contribution < 1.29 is 4.79 Å². The van der Waals surface area contributed by atoms with Crippen LogP contribution in [0.2, 0.25) is 0 Å². The molecule has 0 atom stereocenters. The Morgan fingerprint density at radius 2 is 2.08 bits per heavy atom. The van der Waals surface area contributed by atoms with Crippen molar-refractivity contribution in [2.75, 3.05) is 11.9 Å². The van der Waals surface area contributed by atoms with Gasteiger partial charge in [0.25, 0.3) is 0 Å². The Labute approximate surface area is 147 Å². The number of nitrogens with zero attached hydrogens (tertiary/aromatic N) is 1. The Bertz CT molecular complexity index is 941. The largest absolute Gasteiger partial charge is 0.357 e. The number of aryl methyl sites for hydroxylation is 2. The third-order valence-electron chi connectivity index (χ3n) is 5.12. The number of hydrogen-bond donors (Lipinski definition) is 2. The zero-order valence-corrected chi connectivity index (χ0v) is 14.7. The Morgan fingerprint density at radius 3 is 2.92 bits per heavy atom. The summed E-state index contributed by atoms with van der Waals surface area (Å²) in [6.45, 7) is 5.52. The van der Waals surface area contributed by atoms with Crippen LogP contribution in [-0.4, -0.2) is 22.5 Å². The smallest absolute Gasteiger partial charge is 0.322 e. The molecule has 4 heteroatoms. The monoisotopic (exact) mass is 333 g/mol. The molecule has 4 nitrogen and oxygen atoms in total. The lowest BCUT2D eigenvalue weighted by molar-refractivity contribution is 0.206. The fourth-order valence-electron chi connectivity index (χ4n) is 3.58. The molecule has 0 fully saturated rings. The van der Waals surface area contributed by atoms with Gasteiger partial charge in [-0.25, -0.2) is 4.79 Å². The Balaban J connectivity index is 1.54. The summed E-state index contributed by atoms with van der Waals surface area (Å²) < 4.78 is 0. The van der Waals surface area contributed by atoms with E-state index in [1.54, 1.807) is 0 Å². The van der Waals surface area contributed by atoms with Crippen LogP contribution in [0.4, 0.5) is 10.5 Å². The van der Waals surface area contributed by atoms with Crippen LogP contribution in [0.1, 0.15) is 29.3 Å². The highest BCUT2D eigenvalue weighted by molar-refractivity contribution is 5.91. The highest BCUT2D eigenvalue weighted by Crippen LogP contribution is 2.28. The van der Waals surface area contributed by atoms with E-state index in [1.807, 2.05) is 17.9 Å². The van der Waals surface area contributed by atoms with E-state index in [0.717, 1.165) is 41.8 Å². The maximum absolute atomic E-state index is 12.7. The number of urea groups is 1. The number of para-hydroxylation sites is 1. The predicted molar refractivity (Wildman–Crippen MR) is 102 cm³/mol. The van der Waals surface area contributed by atoms with Crippen molar-refractivity contribution >= 4 is 22.6 Å². The number of rotatable bonds is 2. The summed E-state index contributed by atoms with van der Waals surface area (Å²) in [7, 11) is 0. The molecule has 1 aliphatic heterocycles. The molecule has 1 aliphatic rings. The molecule has 2 N–H and O–H groups in total. The number of H-pyrrole nitrogens is 1. The Hall–Kier alpha value is -2.75. The number of carbonyl (C=O) groups excluding carboxylic acids is 1. The normalized spacial score (nSPS) is 13.8. The van der Waals surface area contributed by atoms with Crippen molar-refractivity contribution in [3.8, 4) is 0 Å². The number of fused-ring (bicyclic) bond motifs is 3. The van der Waals surface area contributed by atoms with Crippen LogP contribution < -0.4 is 5.32 Å². The minimum absolute atomic E-state index is 0.0272. The molecule has 128 valence electrons. The number of benzene rings is 2. The number of aromatic amines is 1. The number of aromatic nitrogens is 1. The zero-order valence-electron chi connectivity index (χ0n) is 14.7. The molecule has 0 aliphatic carbocycles. The lowest BCUT2D eigenvalue weighted by Gasteiger charge is -2.27. The Morgan fingerprint density at radius 1 is 1.24 bits per heavy atom. The zero-order chi connectivity index (χ0) is 17.4. The van der Waals surface area contributed by atoms with Gasteiger partial charge in [-0.1, -0.05) is 37.3 Å². The highest BCUT2D eigenvalue weighted by atomic mass is 16.2. The van der Waals surface area contributed by atoms with Gasteiger partial charge in [-0.05, 0) is 48.6 Å². The number of hydrogen-bond acceptors (Lipinski definition) is 1. The van der Waals surface area contributed by atoms with E-state index in [4.69, 9.17) is 0 Å². The van der Waals surface area contributed by atoms with Crippen molar-refractivity contribution in [3.05, 3.63) is 64.8 Å². The van der Waals surface area contributed by atoms with Crippen LogP contribution >= 0.6 is 0 Å². The van der Waals surface area contributed by atoms with Crippen LogP contribution in [-0.2, 0) is 19.4 Å². The second kappa shape index (κ2) is 6.28. The first-order chi connectivity index (χ1) is 12.2. The maximum atomic E-state index is 12.7. The number of amides is 2. The molecule has 2 aromatic carbocycles. The molecular weight excluding hydrogens is 310 g/mol. The summed E-state index contributed by atoms with van der Waals surface area (Å²) in [6, 6.07) is 14.6. The maximum Gasteiger partial charge on any atom is 0.322 e. The van der Waals surface area contributed by atoms with Crippen molar-refractivity contribution in [1.29, 1.82) is 0 Å². The molecule has 0 unspecified atom stereocenters. The van der Waals surface area contributed by atoms with Crippen molar-refractivity contribution in [2.45, 2.75) is 33.2 Å². The van der Waals surface area contributed by atoms with Crippen LogP contribution in [0.3, 0.4) is 0 Å². The van der Waals surface area contributed by atoms with Crippen LogP contribution in [0, 0.1) is 6.92 Å². The molecule has 3 aromatic rings. The van der Waals surface area contributed by atoms with E-state index in [2.05, 4.69) is 53.6 Å². The van der Waals surface area contributed by atoms with Gasteiger partial charge in [0, 0.05) is 28.8 Å². The topological polar surface area (TPSA) is 48.1 Å². The van der Waals surface area contributed by atoms with Gasteiger partial charge in [0.2, 0.25) is 0 Å². The molecule has 0 bridgehead atoms. The molecule has 2 amide bonds. The van der Waals surface area contributed by atoms with Crippen LogP contribution in [0.15, 0.2) is 42.5 Å². The summed E-state index contributed by atoms with van der Waals surface area (Å²) in [5.74, 6) is 0. The van der Waals surface area contributed by atoms with E-state index in [-0.39, 0.29) is 6.03 Å². The summed E-state index contributed by atoms with van der Waals surface area (Å²) in [4.78, 5) is 18.1. The minimum Gasteiger partial charge on any atom is -0.357 e. The van der Waals surface area contributed by atoms with Gasteiger partial charge in [0.15, 0.2) is 0 Å². The first-order valence-electron chi connectivity index (χ1n) is 8.89. The summed E-state index contributed by atoms with van der Waals surface area (Å²) in [5.41, 5.74) is 6.89. The lowest BCUT2D eigenvalue weighted by Crippen LogP contribution is -2.39. The fourth-order valence-corrected chi connectivity index (χ4v) is 3.58. The second-order valence-electron chi connectivity index (χ2n) is 6.73. The molecule has 1 aromatic heterocycles. The van der Waals surface area contributed by atoms with Gasteiger partial charge in [-0.2, -0.15) is 0 Å². The van der Waals surface area contributed by atoms with Gasteiger partial charge in [0.1, 0.15) is 0 Å². The molecular formula is C21H23N3O. The predicted octanol–water partition coefficient (Wildman–Crippen LogP) is 4.63. The van der Waals surface area contributed by atoms with Gasteiger partial charge in [-0.3, -0.25) is 0 Å². The SMILES string of the molecule is CCc1ccc(C)c(NC(=O)N2CCc3c([nH]c4ccccc34)C2)c1. The van der Waals surface area contributed by atoms with E-state index < -0.39 is 0 Å². The number of anilines is 1. The van der Waals surface area contributed by atoms with Crippen molar-refractivity contribution in [3.63, 3.8) is 0 Å². The van der Waals surface area contributed by atoms with Crippen LogP contribution in [0.25, 0.3) is 10.9 Å². The van der Waals surface area contributed by atoms with Crippen molar-refractivity contribution in [1.82, 2.24) is 9.88 Å². The fraction of sp³-hybridized carbons (Fsp3) is 0.286. The lowest BCUT2D eigenvalue weighted by atomic mass is 10.0. The number of carbonyl (C=O) groups is 1. The standard InChI is InChI=1S/C21H23N3O/c1-3-15-9-8-14(2)19(12-15)23-21(25)24-11-10-17-16-6-4-5-7-18(16)22-20(17)13-24/h4-9,12,22H,3,10-11,13H2,1-2H3,(H,23,25). The quantitative estimate of drug-likeness (QED) is 0.706. The van der Waals surface area contributed by atoms with Gasteiger partial charge >= 0.3 is 6.03 Å². The van der Waals surface area contributed by atoms with Gasteiger partial charge in [0.05, 0.1) is 6.54 Å². The summed E-state index contributed by atoms with van der Waals surface area (Å²) in [5, 5.41) is 4.37. The summed E-state index contributed by atoms with van der Waals surface area (Å²) >= 11 is 0. The average Bonchev–Trinajstić information content (AvgIpc) is 3.01. The van der Waals surface area contributed by atoms with E-state index in [1.165, 1.54) is 16.5 Å². The van der Waals surface area contributed by atoms with Gasteiger partial charge in [-0.15, -0.1) is 0 Å². The molecule has 0 radical (unpaired) electrons. The number of nitrogens with one attached hydrogen (secondary N) is 2. The van der Waals surface area contributed by atoms with E-state index in [9.17, 15) is 4.79 Å². The molecule has 4 rings (SSSR count).